The van der Waals surface area contributed by atoms with Crippen molar-refractivity contribution in [1.29, 1.82) is 0 Å². The first kappa shape index (κ1) is 13.8. The van der Waals surface area contributed by atoms with Gasteiger partial charge in [-0.1, -0.05) is 18.5 Å². The highest BCUT2D eigenvalue weighted by molar-refractivity contribution is 6.30. The van der Waals surface area contributed by atoms with E-state index in [-0.39, 0.29) is 6.04 Å². The van der Waals surface area contributed by atoms with Gasteiger partial charge in [0.05, 0.1) is 23.4 Å². The van der Waals surface area contributed by atoms with Crippen molar-refractivity contribution in [3.63, 3.8) is 0 Å². The zero-order valence-corrected chi connectivity index (χ0v) is 11.6. The van der Waals surface area contributed by atoms with Crippen LogP contribution in [0, 0.1) is 5.92 Å². The molecule has 4 heteroatoms. The lowest BCUT2D eigenvalue weighted by atomic mass is 9.91. The molecule has 1 N–H and O–H groups in total. The van der Waals surface area contributed by atoms with E-state index in [2.05, 4.69) is 17.2 Å². The van der Waals surface area contributed by atoms with Crippen LogP contribution in [0.25, 0.3) is 0 Å². The summed E-state index contributed by atoms with van der Waals surface area (Å²) in [6.07, 6.45) is 5.19. The third-order valence-corrected chi connectivity index (χ3v) is 3.57. The van der Waals surface area contributed by atoms with Crippen molar-refractivity contribution < 1.29 is 4.74 Å². The largest absolute Gasteiger partial charge is 0.381 e. The molecule has 1 aliphatic rings. The van der Waals surface area contributed by atoms with Crippen LogP contribution in [-0.4, -0.2) is 24.7 Å². The van der Waals surface area contributed by atoms with Gasteiger partial charge in [0.2, 0.25) is 0 Å². The van der Waals surface area contributed by atoms with E-state index in [4.69, 9.17) is 16.3 Å². The van der Waals surface area contributed by atoms with Gasteiger partial charge in [-0.05, 0) is 37.9 Å². The standard InChI is InChI=1S/C14H21ClN2O/c1-2-7-16-14(11-4-3-8-18-10-11)13-6-5-12(15)9-17-13/h5-6,9,11,14,16H,2-4,7-8,10H2,1H3. The third kappa shape index (κ3) is 3.67. The highest BCUT2D eigenvalue weighted by Crippen LogP contribution is 2.28. The Morgan fingerprint density at radius 2 is 2.44 bits per heavy atom. The summed E-state index contributed by atoms with van der Waals surface area (Å²) in [7, 11) is 0. The molecule has 18 heavy (non-hydrogen) atoms. The summed E-state index contributed by atoms with van der Waals surface area (Å²) in [5.74, 6) is 0.513. The normalized spacial score (nSPS) is 21.8. The van der Waals surface area contributed by atoms with E-state index in [1.54, 1.807) is 6.20 Å². The van der Waals surface area contributed by atoms with Crippen LogP contribution in [0.2, 0.25) is 5.02 Å². The smallest absolute Gasteiger partial charge is 0.0589 e. The highest BCUT2D eigenvalue weighted by atomic mass is 35.5. The molecular weight excluding hydrogens is 248 g/mol. The van der Waals surface area contributed by atoms with Crippen LogP contribution in [0.4, 0.5) is 0 Å². The summed E-state index contributed by atoms with van der Waals surface area (Å²) in [5, 5.41) is 4.28. The minimum Gasteiger partial charge on any atom is -0.381 e. The number of nitrogens with one attached hydrogen (secondary N) is 1. The lowest BCUT2D eigenvalue weighted by Crippen LogP contribution is -2.34. The minimum atomic E-state index is 0.280. The molecule has 1 aromatic rings. The fourth-order valence-corrected chi connectivity index (χ4v) is 2.52. The first-order valence-corrected chi connectivity index (χ1v) is 7.11. The Morgan fingerprint density at radius 3 is 3.06 bits per heavy atom. The van der Waals surface area contributed by atoms with E-state index in [0.29, 0.717) is 10.9 Å². The molecule has 3 nitrogen and oxygen atoms in total. The van der Waals surface area contributed by atoms with E-state index in [1.165, 1.54) is 6.42 Å². The van der Waals surface area contributed by atoms with Crippen LogP contribution in [-0.2, 0) is 4.74 Å². The zero-order valence-electron chi connectivity index (χ0n) is 10.9. The van der Waals surface area contributed by atoms with E-state index in [1.807, 2.05) is 12.1 Å². The quantitative estimate of drug-likeness (QED) is 0.891. The van der Waals surface area contributed by atoms with Crippen LogP contribution in [0.3, 0.4) is 0 Å². The van der Waals surface area contributed by atoms with Crippen molar-refractivity contribution in [2.24, 2.45) is 5.92 Å². The first-order valence-electron chi connectivity index (χ1n) is 6.74. The molecule has 0 radical (unpaired) electrons. The molecule has 0 aromatic carbocycles. The van der Waals surface area contributed by atoms with Crippen molar-refractivity contribution in [3.8, 4) is 0 Å². The average Bonchev–Trinajstić information content (AvgIpc) is 2.42. The van der Waals surface area contributed by atoms with Crippen LogP contribution in [0.5, 0.6) is 0 Å². The Bertz CT molecular complexity index is 349. The predicted molar refractivity (Wildman–Crippen MR) is 73.8 cm³/mol. The topological polar surface area (TPSA) is 34.2 Å². The molecule has 1 fully saturated rings. The molecule has 0 bridgehead atoms. The fraction of sp³-hybridized carbons (Fsp3) is 0.643. The monoisotopic (exact) mass is 268 g/mol. The Hall–Kier alpha value is -0.640. The van der Waals surface area contributed by atoms with Gasteiger partial charge in [0, 0.05) is 18.7 Å². The maximum Gasteiger partial charge on any atom is 0.0589 e. The number of hydrogen-bond acceptors (Lipinski definition) is 3. The Labute approximate surface area is 114 Å². The van der Waals surface area contributed by atoms with Gasteiger partial charge in [-0.25, -0.2) is 0 Å². The maximum absolute atomic E-state index is 5.90. The summed E-state index contributed by atoms with van der Waals surface area (Å²) in [5.41, 5.74) is 1.07. The van der Waals surface area contributed by atoms with Gasteiger partial charge >= 0.3 is 0 Å². The van der Waals surface area contributed by atoms with Gasteiger partial charge in [-0.3, -0.25) is 4.98 Å². The number of aromatic nitrogens is 1. The van der Waals surface area contributed by atoms with Gasteiger partial charge in [0.15, 0.2) is 0 Å². The summed E-state index contributed by atoms with van der Waals surface area (Å²) >= 11 is 5.90. The molecule has 100 valence electrons. The van der Waals surface area contributed by atoms with E-state index < -0.39 is 0 Å². The predicted octanol–water partition coefficient (Wildman–Crippen LogP) is 3.20. The number of halogens is 1. The highest BCUT2D eigenvalue weighted by Gasteiger charge is 2.25. The van der Waals surface area contributed by atoms with Crippen molar-refractivity contribution in [2.75, 3.05) is 19.8 Å². The van der Waals surface area contributed by atoms with Gasteiger partial charge in [-0.15, -0.1) is 0 Å². The van der Waals surface area contributed by atoms with Gasteiger partial charge in [0.1, 0.15) is 0 Å². The summed E-state index contributed by atoms with van der Waals surface area (Å²) in [4.78, 5) is 4.46. The lowest BCUT2D eigenvalue weighted by Gasteiger charge is -2.30. The Kier molecular flexibility index (Phi) is 5.42. The van der Waals surface area contributed by atoms with Crippen molar-refractivity contribution in [3.05, 3.63) is 29.0 Å². The second kappa shape index (κ2) is 7.07. The summed E-state index contributed by atoms with van der Waals surface area (Å²) in [6.45, 7) is 4.90. The second-order valence-electron chi connectivity index (χ2n) is 4.81. The van der Waals surface area contributed by atoms with Gasteiger partial charge in [-0.2, -0.15) is 0 Å². The number of rotatable bonds is 5. The van der Waals surface area contributed by atoms with Crippen LogP contribution < -0.4 is 5.32 Å². The third-order valence-electron chi connectivity index (χ3n) is 3.35. The van der Waals surface area contributed by atoms with Crippen molar-refractivity contribution in [2.45, 2.75) is 32.2 Å². The molecule has 0 saturated carbocycles. The number of hydrogen-bond donors (Lipinski definition) is 1. The van der Waals surface area contributed by atoms with E-state index in [0.717, 1.165) is 38.3 Å². The lowest BCUT2D eigenvalue weighted by molar-refractivity contribution is 0.0384. The number of ether oxygens (including phenoxy) is 1. The average molecular weight is 269 g/mol. The number of pyridine rings is 1. The second-order valence-corrected chi connectivity index (χ2v) is 5.25. The number of nitrogens with zero attached hydrogens (tertiary/aromatic N) is 1. The molecule has 2 rings (SSSR count). The van der Waals surface area contributed by atoms with Gasteiger partial charge in [0.25, 0.3) is 0 Å². The molecule has 0 amide bonds. The van der Waals surface area contributed by atoms with Crippen molar-refractivity contribution >= 4 is 11.6 Å². The summed E-state index contributed by atoms with van der Waals surface area (Å²) < 4.78 is 5.59. The van der Waals surface area contributed by atoms with Crippen LogP contribution in [0.15, 0.2) is 18.3 Å². The van der Waals surface area contributed by atoms with E-state index in [9.17, 15) is 0 Å². The molecule has 1 aliphatic heterocycles. The molecule has 2 atom stereocenters. The molecule has 2 unspecified atom stereocenters. The Morgan fingerprint density at radius 1 is 1.56 bits per heavy atom. The molecular formula is C14H21ClN2O. The van der Waals surface area contributed by atoms with Crippen LogP contribution in [0.1, 0.15) is 37.9 Å². The molecule has 0 aliphatic carbocycles. The fourth-order valence-electron chi connectivity index (χ4n) is 2.41. The molecule has 1 saturated heterocycles. The van der Waals surface area contributed by atoms with Crippen molar-refractivity contribution in [1.82, 2.24) is 10.3 Å². The zero-order chi connectivity index (χ0) is 12.8. The van der Waals surface area contributed by atoms with E-state index >= 15 is 0 Å². The van der Waals surface area contributed by atoms with Crippen LogP contribution >= 0.6 is 11.6 Å². The maximum atomic E-state index is 5.90. The van der Waals surface area contributed by atoms with Gasteiger partial charge < -0.3 is 10.1 Å². The minimum absolute atomic E-state index is 0.280. The Balaban J connectivity index is 2.10. The molecule has 0 spiro atoms. The molecule has 2 heterocycles. The summed E-state index contributed by atoms with van der Waals surface area (Å²) in [6, 6.07) is 4.21. The molecule has 1 aromatic heterocycles. The SMILES string of the molecule is CCCNC(c1ccc(Cl)cn1)C1CCCOC1. The first-order chi connectivity index (χ1) is 8.81.